The van der Waals surface area contributed by atoms with Crippen molar-refractivity contribution in [2.45, 2.75) is 6.92 Å². The lowest BCUT2D eigenvalue weighted by molar-refractivity contribution is 0.0733. The highest BCUT2D eigenvalue weighted by molar-refractivity contribution is 7.12. The Morgan fingerprint density at radius 1 is 1.14 bits per heavy atom. The first kappa shape index (κ1) is 20.2. The molecule has 0 aliphatic carbocycles. The highest BCUT2D eigenvalue weighted by Gasteiger charge is 2.14. The van der Waals surface area contributed by atoms with E-state index in [0.717, 1.165) is 0 Å². The van der Waals surface area contributed by atoms with Crippen LogP contribution in [0.5, 0.6) is 11.5 Å². The summed E-state index contributed by atoms with van der Waals surface area (Å²) in [5.74, 6) is -0.681. The SMILES string of the molecule is CCOc1cc(/C=N/NC(=O)c2ccc(F)cc2)ccc1OC(=O)c1cccs1. The minimum atomic E-state index is -0.465. The largest absolute Gasteiger partial charge is 0.490 e. The molecule has 0 spiro atoms. The number of nitrogens with zero attached hydrogens (tertiary/aromatic N) is 1. The van der Waals surface area contributed by atoms with Crippen LogP contribution in [0.15, 0.2) is 65.1 Å². The standard InChI is InChI=1S/C21H17FN2O4S/c1-2-27-18-12-14(5-10-17(18)28-21(26)19-4-3-11-29-19)13-23-24-20(25)15-6-8-16(22)9-7-15/h3-13H,2H2,1H3,(H,24,25)/b23-13+. The van der Waals surface area contributed by atoms with Crippen molar-refractivity contribution in [1.29, 1.82) is 0 Å². The quantitative estimate of drug-likeness (QED) is 0.272. The number of carbonyl (C=O) groups is 2. The van der Waals surface area contributed by atoms with Crippen LogP contribution < -0.4 is 14.9 Å². The average Bonchev–Trinajstić information content (AvgIpc) is 3.25. The van der Waals surface area contributed by atoms with Gasteiger partial charge in [-0.25, -0.2) is 14.6 Å². The van der Waals surface area contributed by atoms with Gasteiger partial charge in [-0.3, -0.25) is 4.79 Å². The number of hydrazone groups is 1. The maximum absolute atomic E-state index is 12.9. The number of carbonyl (C=O) groups excluding carboxylic acids is 2. The summed E-state index contributed by atoms with van der Waals surface area (Å²) in [7, 11) is 0. The van der Waals surface area contributed by atoms with Crippen molar-refractivity contribution in [3.63, 3.8) is 0 Å². The molecular formula is C21H17FN2O4S. The zero-order chi connectivity index (χ0) is 20.6. The van der Waals surface area contributed by atoms with E-state index in [1.54, 1.807) is 35.7 Å². The van der Waals surface area contributed by atoms with Crippen molar-refractivity contribution in [3.05, 3.63) is 81.8 Å². The first-order chi connectivity index (χ1) is 14.1. The second-order valence-corrected chi connectivity index (χ2v) is 6.66. The van der Waals surface area contributed by atoms with Gasteiger partial charge in [0.15, 0.2) is 11.5 Å². The molecule has 0 radical (unpaired) electrons. The van der Waals surface area contributed by atoms with Crippen LogP contribution in [-0.2, 0) is 0 Å². The predicted octanol–water partition coefficient (Wildman–Crippen LogP) is 4.27. The summed E-state index contributed by atoms with van der Waals surface area (Å²) >= 11 is 1.29. The van der Waals surface area contributed by atoms with E-state index < -0.39 is 17.7 Å². The first-order valence-corrected chi connectivity index (χ1v) is 9.56. The van der Waals surface area contributed by atoms with Crippen LogP contribution in [0.4, 0.5) is 4.39 Å². The normalized spacial score (nSPS) is 10.7. The molecule has 0 unspecified atom stereocenters. The fourth-order valence-electron chi connectivity index (χ4n) is 2.33. The minimum absolute atomic E-state index is 0.286. The Bertz CT molecular complexity index is 1020. The molecule has 0 atom stereocenters. The van der Waals surface area contributed by atoms with Gasteiger partial charge >= 0.3 is 5.97 Å². The summed E-state index contributed by atoms with van der Waals surface area (Å²) in [6.07, 6.45) is 1.43. The molecule has 2 aromatic carbocycles. The number of rotatable bonds is 7. The molecule has 0 bridgehead atoms. The Kier molecular flexibility index (Phi) is 6.70. The molecule has 1 amide bonds. The lowest BCUT2D eigenvalue weighted by atomic mass is 10.2. The number of benzene rings is 2. The third kappa shape index (κ3) is 5.49. The molecule has 6 nitrogen and oxygen atoms in total. The van der Waals surface area contributed by atoms with E-state index in [1.165, 1.54) is 41.8 Å². The molecule has 0 saturated heterocycles. The van der Waals surface area contributed by atoms with Crippen molar-refractivity contribution in [3.8, 4) is 11.5 Å². The van der Waals surface area contributed by atoms with Gasteiger partial charge in [0.2, 0.25) is 0 Å². The van der Waals surface area contributed by atoms with Gasteiger partial charge in [-0.2, -0.15) is 5.10 Å². The Morgan fingerprint density at radius 2 is 1.93 bits per heavy atom. The van der Waals surface area contributed by atoms with Crippen LogP contribution >= 0.6 is 11.3 Å². The predicted molar refractivity (Wildman–Crippen MR) is 108 cm³/mol. The monoisotopic (exact) mass is 412 g/mol. The summed E-state index contributed by atoms with van der Waals surface area (Å²) in [6.45, 7) is 2.19. The molecule has 0 fully saturated rings. The molecule has 0 aliphatic rings. The number of halogens is 1. The highest BCUT2D eigenvalue weighted by atomic mass is 32.1. The molecule has 0 aliphatic heterocycles. The van der Waals surface area contributed by atoms with Crippen LogP contribution in [0.2, 0.25) is 0 Å². The topological polar surface area (TPSA) is 77.0 Å². The first-order valence-electron chi connectivity index (χ1n) is 8.68. The van der Waals surface area contributed by atoms with Crippen molar-refractivity contribution in [2.75, 3.05) is 6.61 Å². The van der Waals surface area contributed by atoms with E-state index in [-0.39, 0.29) is 11.3 Å². The summed E-state index contributed by atoms with van der Waals surface area (Å²) < 4.78 is 23.9. The Balaban J connectivity index is 1.68. The molecule has 8 heteroatoms. The van der Waals surface area contributed by atoms with Gasteiger partial charge in [0.1, 0.15) is 10.7 Å². The van der Waals surface area contributed by atoms with Crippen LogP contribution in [0.1, 0.15) is 32.5 Å². The lowest BCUT2D eigenvalue weighted by Crippen LogP contribution is -2.17. The molecule has 29 heavy (non-hydrogen) atoms. The Morgan fingerprint density at radius 3 is 2.62 bits per heavy atom. The number of esters is 1. The van der Waals surface area contributed by atoms with Crippen LogP contribution in [0, 0.1) is 5.82 Å². The lowest BCUT2D eigenvalue weighted by Gasteiger charge is -2.10. The van der Waals surface area contributed by atoms with Crippen molar-refractivity contribution in [1.82, 2.24) is 5.43 Å². The van der Waals surface area contributed by atoms with Gasteiger partial charge in [0, 0.05) is 5.56 Å². The summed E-state index contributed by atoms with van der Waals surface area (Å²) in [5, 5.41) is 5.68. The van der Waals surface area contributed by atoms with E-state index in [2.05, 4.69) is 10.5 Å². The zero-order valence-corrected chi connectivity index (χ0v) is 16.2. The number of amides is 1. The zero-order valence-electron chi connectivity index (χ0n) is 15.4. The molecule has 3 aromatic rings. The molecule has 3 rings (SSSR count). The summed E-state index contributed by atoms with van der Waals surface area (Å²) in [6, 6.07) is 13.5. The van der Waals surface area contributed by atoms with Gasteiger partial charge in [-0.15, -0.1) is 11.3 Å². The third-order valence-electron chi connectivity index (χ3n) is 3.68. The highest BCUT2D eigenvalue weighted by Crippen LogP contribution is 2.29. The van der Waals surface area contributed by atoms with E-state index in [1.807, 2.05) is 6.92 Å². The summed E-state index contributed by atoms with van der Waals surface area (Å²) in [5.41, 5.74) is 3.28. The van der Waals surface area contributed by atoms with Crippen LogP contribution in [0.3, 0.4) is 0 Å². The molecule has 1 N–H and O–H groups in total. The smallest absolute Gasteiger partial charge is 0.353 e. The number of ether oxygens (including phenoxy) is 2. The van der Waals surface area contributed by atoms with Gasteiger partial charge in [0.05, 0.1) is 12.8 Å². The average molecular weight is 412 g/mol. The molecule has 0 saturated carbocycles. The molecule has 1 heterocycles. The van der Waals surface area contributed by atoms with Crippen LogP contribution in [0.25, 0.3) is 0 Å². The van der Waals surface area contributed by atoms with E-state index in [0.29, 0.717) is 22.8 Å². The second-order valence-electron chi connectivity index (χ2n) is 5.71. The maximum atomic E-state index is 12.9. The maximum Gasteiger partial charge on any atom is 0.353 e. The van der Waals surface area contributed by atoms with Crippen molar-refractivity contribution >= 4 is 29.4 Å². The van der Waals surface area contributed by atoms with E-state index in [4.69, 9.17) is 9.47 Å². The second kappa shape index (κ2) is 9.61. The fourth-order valence-corrected chi connectivity index (χ4v) is 2.93. The minimum Gasteiger partial charge on any atom is -0.490 e. The van der Waals surface area contributed by atoms with Gasteiger partial charge < -0.3 is 9.47 Å². The molecule has 1 aromatic heterocycles. The number of thiophene rings is 1. The van der Waals surface area contributed by atoms with Crippen molar-refractivity contribution in [2.24, 2.45) is 5.10 Å². The van der Waals surface area contributed by atoms with Gasteiger partial charge in [0.25, 0.3) is 5.91 Å². The Labute approximate surface area is 170 Å². The molecule has 148 valence electrons. The van der Waals surface area contributed by atoms with E-state index in [9.17, 15) is 14.0 Å². The molecular weight excluding hydrogens is 395 g/mol. The van der Waals surface area contributed by atoms with E-state index >= 15 is 0 Å². The van der Waals surface area contributed by atoms with Gasteiger partial charge in [-0.1, -0.05) is 6.07 Å². The number of hydrogen-bond acceptors (Lipinski definition) is 6. The number of nitrogens with one attached hydrogen (secondary N) is 1. The van der Waals surface area contributed by atoms with Gasteiger partial charge in [-0.05, 0) is 66.4 Å². The number of hydrogen-bond donors (Lipinski definition) is 1. The van der Waals surface area contributed by atoms with Crippen LogP contribution in [-0.4, -0.2) is 24.7 Å². The van der Waals surface area contributed by atoms with Crippen molar-refractivity contribution < 1.29 is 23.5 Å². The summed E-state index contributed by atoms with van der Waals surface area (Å²) in [4.78, 5) is 24.6. The fraction of sp³-hybridized carbons (Fsp3) is 0.0952. The Hall–Kier alpha value is -3.52. The third-order valence-corrected chi connectivity index (χ3v) is 4.53.